The quantitative estimate of drug-likeness (QED) is 0.852. The van der Waals surface area contributed by atoms with Crippen LogP contribution in [0.15, 0.2) is 29.0 Å². The van der Waals surface area contributed by atoms with E-state index in [0.29, 0.717) is 6.04 Å². The first-order valence-electron chi connectivity index (χ1n) is 6.55. The van der Waals surface area contributed by atoms with Crippen LogP contribution in [0.1, 0.15) is 20.8 Å². The van der Waals surface area contributed by atoms with Crippen molar-refractivity contribution in [1.29, 1.82) is 0 Å². The number of furan rings is 1. The van der Waals surface area contributed by atoms with E-state index in [0.717, 1.165) is 36.4 Å². The molecule has 0 radical (unpaired) electrons. The fourth-order valence-electron chi connectivity index (χ4n) is 2.16. The van der Waals surface area contributed by atoms with Crippen LogP contribution < -0.4 is 5.32 Å². The Bertz CT molecular complexity index is 490. The predicted octanol–water partition coefficient (Wildman–Crippen LogP) is 2.97. The van der Waals surface area contributed by atoms with Gasteiger partial charge in [-0.25, -0.2) is 4.98 Å². The summed E-state index contributed by atoms with van der Waals surface area (Å²) in [5.41, 5.74) is 0.877. The molecule has 0 aliphatic carbocycles. The van der Waals surface area contributed by atoms with Gasteiger partial charge < -0.3 is 14.6 Å². The Kier molecular flexibility index (Phi) is 4.20. The monoisotopic (exact) mass is 247 g/mol. The Hall–Kier alpha value is -1.55. The minimum absolute atomic E-state index is 0.359. The second-order valence-electron chi connectivity index (χ2n) is 4.52. The van der Waals surface area contributed by atoms with Gasteiger partial charge in [0, 0.05) is 18.8 Å². The summed E-state index contributed by atoms with van der Waals surface area (Å²) in [6.45, 7) is 9.72. The lowest BCUT2D eigenvalue weighted by molar-refractivity contribution is 0.294. The van der Waals surface area contributed by atoms with E-state index >= 15 is 0 Å². The molecule has 0 aliphatic rings. The number of nitrogens with one attached hydrogen (secondary N) is 1. The molecule has 0 aromatic carbocycles. The molecular formula is C14H21N3O. The topological polar surface area (TPSA) is 41.3 Å². The molecule has 2 aromatic rings. The van der Waals surface area contributed by atoms with Crippen LogP contribution in [0.2, 0.25) is 0 Å². The lowest BCUT2D eigenvalue weighted by Gasteiger charge is -2.23. The summed E-state index contributed by atoms with van der Waals surface area (Å²) in [4.78, 5) is 6.78. The van der Waals surface area contributed by atoms with Crippen molar-refractivity contribution < 1.29 is 4.42 Å². The standard InChI is InChI=1S/C14H21N3O/c1-4-17(5-2)10-11(3)16-14-12-7-9-18-13(12)6-8-15-14/h6-9,11H,4-5,10H2,1-3H3,(H,15,16). The lowest BCUT2D eigenvalue weighted by atomic mass is 10.2. The smallest absolute Gasteiger partial charge is 0.139 e. The highest BCUT2D eigenvalue weighted by Crippen LogP contribution is 2.22. The molecule has 0 saturated carbocycles. The maximum absolute atomic E-state index is 5.37. The molecule has 2 aromatic heterocycles. The second-order valence-corrected chi connectivity index (χ2v) is 4.52. The first kappa shape index (κ1) is 12.9. The summed E-state index contributed by atoms with van der Waals surface area (Å²) in [6.07, 6.45) is 3.48. The van der Waals surface area contributed by atoms with E-state index < -0.39 is 0 Å². The van der Waals surface area contributed by atoms with Crippen LogP contribution in [-0.4, -0.2) is 35.6 Å². The lowest BCUT2D eigenvalue weighted by Crippen LogP contribution is -2.34. The van der Waals surface area contributed by atoms with Gasteiger partial charge >= 0.3 is 0 Å². The van der Waals surface area contributed by atoms with Gasteiger partial charge in [0.1, 0.15) is 11.4 Å². The van der Waals surface area contributed by atoms with Crippen LogP contribution in [0.25, 0.3) is 11.0 Å². The zero-order valence-corrected chi connectivity index (χ0v) is 11.3. The van der Waals surface area contributed by atoms with Gasteiger partial charge in [-0.15, -0.1) is 0 Å². The Morgan fingerprint density at radius 1 is 1.33 bits per heavy atom. The molecule has 1 N–H and O–H groups in total. The highest BCUT2D eigenvalue weighted by atomic mass is 16.3. The van der Waals surface area contributed by atoms with Gasteiger partial charge in [0.15, 0.2) is 0 Å². The predicted molar refractivity (Wildman–Crippen MR) is 74.9 cm³/mol. The number of likely N-dealkylation sites (N-methyl/N-ethyl adjacent to an activating group) is 1. The van der Waals surface area contributed by atoms with Crippen molar-refractivity contribution in [2.45, 2.75) is 26.8 Å². The minimum Gasteiger partial charge on any atom is -0.464 e. The third kappa shape index (κ3) is 2.82. The highest BCUT2D eigenvalue weighted by Gasteiger charge is 2.10. The van der Waals surface area contributed by atoms with Crippen molar-refractivity contribution in [3.63, 3.8) is 0 Å². The second kappa shape index (κ2) is 5.87. The summed E-state index contributed by atoms with van der Waals surface area (Å²) < 4.78 is 5.37. The van der Waals surface area contributed by atoms with Crippen molar-refractivity contribution in [2.24, 2.45) is 0 Å². The number of hydrogen-bond acceptors (Lipinski definition) is 4. The summed E-state index contributed by atoms with van der Waals surface area (Å²) in [5, 5.41) is 4.50. The molecule has 1 unspecified atom stereocenters. The van der Waals surface area contributed by atoms with Gasteiger partial charge in [0.25, 0.3) is 0 Å². The van der Waals surface area contributed by atoms with Crippen molar-refractivity contribution >= 4 is 16.8 Å². The van der Waals surface area contributed by atoms with Crippen LogP contribution in [0.3, 0.4) is 0 Å². The van der Waals surface area contributed by atoms with Gasteiger partial charge in [-0.05, 0) is 32.1 Å². The van der Waals surface area contributed by atoms with Crippen LogP contribution in [-0.2, 0) is 0 Å². The molecule has 0 amide bonds. The average molecular weight is 247 g/mol. The van der Waals surface area contributed by atoms with Gasteiger partial charge in [0.2, 0.25) is 0 Å². The minimum atomic E-state index is 0.359. The Balaban J connectivity index is 2.06. The summed E-state index contributed by atoms with van der Waals surface area (Å²) in [5.74, 6) is 0.904. The fraction of sp³-hybridized carbons (Fsp3) is 0.500. The SMILES string of the molecule is CCN(CC)CC(C)Nc1nccc2occc12. The molecule has 4 heteroatoms. The van der Waals surface area contributed by atoms with Gasteiger partial charge in [0.05, 0.1) is 11.6 Å². The zero-order chi connectivity index (χ0) is 13.0. The van der Waals surface area contributed by atoms with Crippen LogP contribution in [0.5, 0.6) is 0 Å². The fourth-order valence-corrected chi connectivity index (χ4v) is 2.16. The molecule has 0 fully saturated rings. The third-order valence-electron chi connectivity index (χ3n) is 3.19. The first-order chi connectivity index (χ1) is 8.74. The van der Waals surface area contributed by atoms with Crippen molar-refractivity contribution in [2.75, 3.05) is 25.0 Å². The maximum atomic E-state index is 5.37. The number of fused-ring (bicyclic) bond motifs is 1. The van der Waals surface area contributed by atoms with Crippen molar-refractivity contribution in [3.05, 3.63) is 24.6 Å². The molecule has 2 rings (SSSR count). The molecule has 18 heavy (non-hydrogen) atoms. The summed E-state index contributed by atoms with van der Waals surface area (Å²) >= 11 is 0. The van der Waals surface area contributed by atoms with Crippen LogP contribution >= 0.6 is 0 Å². The van der Waals surface area contributed by atoms with E-state index in [4.69, 9.17) is 4.42 Å². The maximum Gasteiger partial charge on any atom is 0.139 e. The van der Waals surface area contributed by atoms with Crippen LogP contribution in [0, 0.1) is 0 Å². The van der Waals surface area contributed by atoms with Crippen LogP contribution in [0.4, 0.5) is 5.82 Å². The van der Waals surface area contributed by atoms with E-state index in [9.17, 15) is 0 Å². The first-order valence-corrected chi connectivity index (χ1v) is 6.55. The normalized spacial score (nSPS) is 13.1. The Morgan fingerprint density at radius 3 is 2.83 bits per heavy atom. The molecule has 0 bridgehead atoms. The zero-order valence-electron chi connectivity index (χ0n) is 11.3. The molecular weight excluding hydrogens is 226 g/mol. The number of pyridine rings is 1. The van der Waals surface area contributed by atoms with Gasteiger partial charge in [-0.1, -0.05) is 13.8 Å². The van der Waals surface area contributed by atoms with E-state index in [1.807, 2.05) is 12.1 Å². The number of aromatic nitrogens is 1. The highest BCUT2D eigenvalue weighted by molar-refractivity contribution is 5.87. The van der Waals surface area contributed by atoms with E-state index in [1.54, 1.807) is 12.5 Å². The van der Waals surface area contributed by atoms with Gasteiger partial charge in [-0.2, -0.15) is 0 Å². The molecule has 0 spiro atoms. The summed E-state index contributed by atoms with van der Waals surface area (Å²) in [7, 11) is 0. The number of hydrogen-bond donors (Lipinski definition) is 1. The Labute approximate surface area is 108 Å². The summed E-state index contributed by atoms with van der Waals surface area (Å²) in [6, 6.07) is 4.20. The van der Waals surface area contributed by atoms with E-state index in [1.165, 1.54) is 0 Å². The number of rotatable bonds is 6. The third-order valence-corrected chi connectivity index (χ3v) is 3.19. The Morgan fingerprint density at radius 2 is 2.11 bits per heavy atom. The largest absolute Gasteiger partial charge is 0.464 e. The van der Waals surface area contributed by atoms with Crippen molar-refractivity contribution in [1.82, 2.24) is 9.88 Å². The average Bonchev–Trinajstić information content (AvgIpc) is 2.85. The molecule has 0 aliphatic heterocycles. The van der Waals surface area contributed by atoms with E-state index in [-0.39, 0.29) is 0 Å². The molecule has 98 valence electrons. The molecule has 4 nitrogen and oxygen atoms in total. The number of anilines is 1. The molecule has 0 saturated heterocycles. The molecule has 1 atom stereocenters. The van der Waals surface area contributed by atoms with Gasteiger partial charge in [-0.3, -0.25) is 0 Å². The molecule has 2 heterocycles. The van der Waals surface area contributed by atoms with Crippen molar-refractivity contribution in [3.8, 4) is 0 Å². The number of nitrogens with zero attached hydrogens (tertiary/aromatic N) is 2. The van der Waals surface area contributed by atoms with E-state index in [2.05, 4.69) is 36.0 Å².